The van der Waals surface area contributed by atoms with Crippen LogP contribution in [0.4, 0.5) is 0 Å². The molecule has 1 saturated carbocycles. The molecule has 5 rings (SSSR count). The van der Waals surface area contributed by atoms with Crippen molar-refractivity contribution in [3.8, 4) is 16.9 Å². The third-order valence-electron chi connectivity index (χ3n) is 6.25. The Hall–Kier alpha value is -3.11. The molecule has 3 aromatic rings. The van der Waals surface area contributed by atoms with E-state index in [1.807, 2.05) is 59.5 Å². The SMILES string of the molecule is O=C(c1ccc(-c2ccccc2)cc1)N(Cc1cccc(OC[C@@H]2CCOC2)c1)C1CC1. The normalized spacial score (nSPS) is 17.8. The maximum absolute atomic E-state index is 13.3. The Bertz CT molecular complexity index is 1040. The molecule has 0 unspecified atom stereocenters. The summed E-state index contributed by atoms with van der Waals surface area (Å²) in [6.45, 7) is 2.90. The lowest BCUT2D eigenvalue weighted by molar-refractivity contribution is 0.0729. The van der Waals surface area contributed by atoms with Gasteiger partial charge in [0.25, 0.3) is 5.91 Å². The summed E-state index contributed by atoms with van der Waals surface area (Å²) in [5.41, 5.74) is 4.13. The average Bonchev–Trinajstić information content (AvgIpc) is 3.56. The van der Waals surface area contributed by atoms with Gasteiger partial charge in [-0.15, -0.1) is 0 Å². The predicted octanol–water partition coefficient (Wildman–Crippen LogP) is 5.57. The van der Waals surface area contributed by atoms with Crippen molar-refractivity contribution in [2.75, 3.05) is 19.8 Å². The molecule has 0 spiro atoms. The number of amides is 1. The highest BCUT2D eigenvalue weighted by atomic mass is 16.5. The fourth-order valence-electron chi connectivity index (χ4n) is 4.21. The zero-order chi connectivity index (χ0) is 21.8. The monoisotopic (exact) mass is 427 g/mol. The van der Waals surface area contributed by atoms with Gasteiger partial charge in [0.1, 0.15) is 5.75 Å². The van der Waals surface area contributed by atoms with Crippen molar-refractivity contribution >= 4 is 5.91 Å². The maximum atomic E-state index is 13.3. The van der Waals surface area contributed by atoms with E-state index in [0.29, 0.717) is 25.1 Å². The number of carbonyl (C=O) groups is 1. The minimum absolute atomic E-state index is 0.0986. The average molecular weight is 428 g/mol. The van der Waals surface area contributed by atoms with Crippen LogP contribution in [-0.2, 0) is 11.3 Å². The Labute approximate surface area is 189 Å². The highest BCUT2D eigenvalue weighted by Crippen LogP contribution is 2.31. The molecule has 32 heavy (non-hydrogen) atoms. The van der Waals surface area contributed by atoms with Crippen LogP contribution in [0.2, 0.25) is 0 Å². The Morgan fingerprint density at radius 1 is 0.906 bits per heavy atom. The first-order valence-electron chi connectivity index (χ1n) is 11.5. The van der Waals surface area contributed by atoms with Crippen LogP contribution in [0.1, 0.15) is 35.2 Å². The van der Waals surface area contributed by atoms with E-state index in [0.717, 1.165) is 60.5 Å². The first-order valence-corrected chi connectivity index (χ1v) is 11.5. The van der Waals surface area contributed by atoms with Crippen molar-refractivity contribution < 1.29 is 14.3 Å². The van der Waals surface area contributed by atoms with Crippen LogP contribution >= 0.6 is 0 Å². The molecule has 1 amide bonds. The number of benzene rings is 3. The number of hydrogen-bond acceptors (Lipinski definition) is 3. The second kappa shape index (κ2) is 9.58. The summed E-state index contributed by atoms with van der Waals surface area (Å²) >= 11 is 0. The molecule has 4 heteroatoms. The number of nitrogens with zero attached hydrogens (tertiary/aromatic N) is 1. The van der Waals surface area contributed by atoms with Gasteiger partial charge >= 0.3 is 0 Å². The summed E-state index contributed by atoms with van der Waals surface area (Å²) in [6, 6.07) is 26.7. The van der Waals surface area contributed by atoms with E-state index < -0.39 is 0 Å². The molecule has 1 aliphatic heterocycles. The fourth-order valence-corrected chi connectivity index (χ4v) is 4.21. The second-order valence-corrected chi connectivity index (χ2v) is 8.80. The maximum Gasteiger partial charge on any atom is 0.254 e. The van der Waals surface area contributed by atoms with Crippen molar-refractivity contribution in [1.82, 2.24) is 4.90 Å². The fraction of sp³-hybridized carbons (Fsp3) is 0.321. The van der Waals surface area contributed by atoms with Gasteiger partial charge in [-0.1, -0.05) is 54.6 Å². The molecule has 1 heterocycles. The van der Waals surface area contributed by atoms with E-state index in [2.05, 4.69) is 24.3 Å². The topological polar surface area (TPSA) is 38.8 Å². The van der Waals surface area contributed by atoms with Gasteiger partial charge in [0.05, 0.1) is 13.2 Å². The number of ether oxygens (including phenoxy) is 2. The van der Waals surface area contributed by atoms with Crippen LogP contribution in [0.25, 0.3) is 11.1 Å². The standard InChI is InChI=1S/C28H29NO3/c30-28(25-11-9-24(10-12-25)23-6-2-1-3-7-23)29(26-13-14-26)18-21-5-4-8-27(17-21)32-20-22-15-16-31-19-22/h1-12,17,22,26H,13-16,18-20H2/t22-/m1/s1. The minimum atomic E-state index is 0.0986. The summed E-state index contributed by atoms with van der Waals surface area (Å²) in [4.78, 5) is 15.4. The molecule has 0 aromatic heterocycles. The largest absolute Gasteiger partial charge is 0.493 e. The van der Waals surface area contributed by atoms with Crippen molar-refractivity contribution in [1.29, 1.82) is 0 Å². The lowest BCUT2D eigenvalue weighted by Crippen LogP contribution is -2.32. The Morgan fingerprint density at radius 2 is 1.69 bits per heavy atom. The van der Waals surface area contributed by atoms with Crippen LogP contribution in [-0.4, -0.2) is 36.7 Å². The van der Waals surface area contributed by atoms with E-state index in [4.69, 9.17) is 9.47 Å². The van der Waals surface area contributed by atoms with Crippen LogP contribution in [0.15, 0.2) is 78.9 Å². The molecule has 1 saturated heterocycles. The summed E-state index contributed by atoms with van der Waals surface area (Å²) in [5.74, 6) is 1.44. The molecule has 1 atom stereocenters. The zero-order valence-corrected chi connectivity index (χ0v) is 18.3. The minimum Gasteiger partial charge on any atom is -0.493 e. The summed E-state index contributed by atoms with van der Waals surface area (Å²) in [5, 5.41) is 0. The summed E-state index contributed by atoms with van der Waals surface area (Å²) in [7, 11) is 0. The summed E-state index contributed by atoms with van der Waals surface area (Å²) in [6.07, 6.45) is 3.21. The first kappa shape index (κ1) is 20.8. The molecule has 3 aromatic carbocycles. The van der Waals surface area contributed by atoms with Gasteiger partial charge in [-0.25, -0.2) is 0 Å². The highest BCUT2D eigenvalue weighted by Gasteiger charge is 2.33. The van der Waals surface area contributed by atoms with Crippen molar-refractivity contribution in [2.45, 2.75) is 31.8 Å². The number of rotatable bonds is 8. The third kappa shape index (κ3) is 5.03. The smallest absolute Gasteiger partial charge is 0.254 e. The Balaban J connectivity index is 1.27. The molecule has 2 fully saturated rings. The molecule has 2 aliphatic rings. The molecule has 0 bridgehead atoms. The number of carbonyl (C=O) groups excluding carboxylic acids is 1. The Morgan fingerprint density at radius 3 is 2.41 bits per heavy atom. The van der Waals surface area contributed by atoms with Crippen molar-refractivity contribution in [2.24, 2.45) is 5.92 Å². The second-order valence-electron chi connectivity index (χ2n) is 8.80. The van der Waals surface area contributed by atoms with E-state index in [1.54, 1.807) is 0 Å². The number of hydrogen-bond donors (Lipinski definition) is 0. The van der Waals surface area contributed by atoms with E-state index >= 15 is 0 Å². The van der Waals surface area contributed by atoms with Gasteiger partial charge in [-0.2, -0.15) is 0 Å². The third-order valence-corrected chi connectivity index (χ3v) is 6.25. The van der Waals surface area contributed by atoms with Gasteiger partial charge < -0.3 is 14.4 Å². The van der Waals surface area contributed by atoms with Crippen LogP contribution in [0.3, 0.4) is 0 Å². The van der Waals surface area contributed by atoms with Gasteiger partial charge in [0, 0.05) is 30.7 Å². The Kier molecular flexibility index (Phi) is 6.22. The zero-order valence-electron chi connectivity index (χ0n) is 18.3. The van der Waals surface area contributed by atoms with Gasteiger partial charge in [0.15, 0.2) is 0 Å². The van der Waals surface area contributed by atoms with Crippen LogP contribution in [0.5, 0.6) is 5.75 Å². The van der Waals surface area contributed by atoms with Crippen LogP contribution < -0.4 is 4.74 Å². The lowest BCUT2D eigenvalue weighted by Gasteiger charge is -2.23. The molecule has 4 nitrogen and oxygen atoms in total. The molecule has 1 aliphatic carbocycles. The first-order chi connectivity index (χ1) is 15.8. The van der Waals surface area contributed by atoms with E-state index in [9.17, 15) is 4.79 Å². The molecule has 0 radical (unpaired) electrons. The van der Waals surface area contributed by atoms with E-state index in [-0.39, 0.29) is 5.91 Å². The molecule has 164 valence electrons. The molecular formula is C28H29NO3. The van der Waals surface area contributed by atoms with Gasteiger partial charge in [-0.05, 0) is 60.2 Å². The van der Waals surface area contributed by atoms with Crippen LogP contribution in [0, 0.1) is 5.92 Å². The summed E-state index contributed by atoms with van der Waals surface area (Å²) < 4.78 is 11.4. The lowest BCUT2D eigenvalue weighted by atomic mass is 10.0. The predicted molar refractivity (Wildman–Crippen MR) is 126 cm³/mol. The van der Waals surface area contributed by atoms with Gasteiger partial charge in [-0.3, -0.25) is 4.79 Å². The molecular weight excluding hydrogens is 398 g/mol. The van der Waals surface area contributed by atoms with E-state index in [1.165, 1.54) is 0 Å². The molecule has 0 N–H and O–H groups in total. The quantitative estimate of drug-likeness (QED) is 0.471. The van der Waals surface area contributed by atoms with Gasteiger partial charge in [0.2, 0.25) is 0 Å². The van der Waals surface area contributed by atoms with Crippen molar-refractivity contribution in [3.63, 3.8) is 0 Å². The van der Waals surface area contributed by atoms with Crippen molar-refractivity contribution in [3.05, 3.63) is 90.0 Å². The highest BCUT2D eigenvalue weighted by molar-refractivity contribution is 5.95.